The summed E-state index contributed by atoms with van der Waals surface area (Å²) in [6, 6.07) is 20.0. The third kappa shape index (κ3) is 5.56. The van der Waals surface area contributed by atoms with Crippen molar-refractivity contribution in [1.82, 2.24) is 4.90 Å². The van der Waals surface area contributed by atoms with Gasteiger partial charge in [0.25, 0.3) is 0 Å². The first-order chi connectivity index (χ1) is 15.5. The predicted octanol–water partition coefficient (Wildman–Crippen LogP) is 6.11. The summed E-state index contributed by atoms with van der Waals surface area (Å²) in [5.41, 5.74) is 4.29. The molecule has 0 aliphatic rings. The van der Waals surface area contributed by atoms with E-state index < -0.39 is 0 Å². The molecule has 3 rings (SSSR count). The molecule has 0 fully saturated rings. The van der Waals surface area contributed by atoms with E-state index in [0.717, 1.165) is 39.3 Å². The maximum Gasteiger partial charge on any atom is 0.161 e. The molecule has 0 aliphatic heterocycles. The summed E-state index contributed by atoms with van der Waals surface area (Å²) in [7, 11) is 8.69. The molecule has 0 saturated heterocycles. The summed E-state index contributed by atoms with van der Waals surface area (Å²) in [6.45, 7) is 0.729. The second-order valence-electron chi connectivity index (χ2n) is 7.19. The van der Waals surface area contributed by atoms with Crippen LogP contribution in [0.3, 0.4) is 0 Å². The Bertz CT molecular complexity index is 1060. The van der Waals surface area contributed by atoms with Gasteiger partial charge in [-0.25, -0.2) is 0 Å². The van der Waals surface area contributed by atoms with Crippen molar-refractivity contribution in [3.63, 3.8) is 0 Å². The minimum atomic E-state index is 0.675. The van der Waals surface area contributed by atoms with E-state index >= 15 is 0 Å². The second-order valence-corrected chi connectivity index (χ2v) is 8.05. The largest absolute Gasteiger partial charge is 0.497 e. The van der Waals surface area contributed by atoms with Gasteiger partial charge in [-0.3, -0.25) is 0 Å². The highest BCUT2D eigenvalue weighted by Gasteiger charge is 2.13. The van der Waals surface area contributed by atoms with Crippen LogP contribution in [-0.4, -0.2) is 40.4 Å². The standard InChI is InChI=1S/C26H28BrNO4/c1-28(17-18-6-10-21(29-2)11-7-18)24(19-8-12-22(30-3)13-9-19)14-20-15-25(31-4)26(32-5)16-23(20)27/h6-16H,17H2,1-5H3/b24-14+. The van der Waals surface area contributed by atoms with Crippen molar-refractivity contribution in [1.29, 1.82) is 0 Å². The average Bonchev–Trinajstić information content (AvgIpc) is 2.83. The molecule has 3 aromatic rings. The van der Waals surface area contributed by atoms with E-state index in [-0.39, 0.29) is 0 Å². The van der Waals surface area contributed by atoms with Crippen LogP contribution in [0, 0.1) is 0 Å². The van der Waals surface area contributed by atoms with Gasteiger partial charge >= 0.3 is 0 Å². The van der Waals surface area contributed by atoms with Crippen LogP contribution >= 0.6 is 15.9 Å². The Balaban J connectivity index is 2.03. The summed E-state index contributed by atoms with van der Waals surface area (Å²) >= 11 is 3.67. The Labute approximate surface area is 198 Å². The van der Waals surface area contributed by atoms with Gasteiger partial charge in [0.15, 0.2) is 11.5 Å². The van der Waals surface area contributed by atoms with Gasteiger partial charge in [0.2, 0.25) is 0 Å². The summed E-state index contributed by atoms with van der Waals surface area (Å²) in [4.78, 5) is 2.22. The lowest BCUT2D eigenvalue weighted by Gasteiger charge is -2.24. The molecular weight excluding hydrogens is 470 g/mol. The molecule has 0 unspecified atom stereocenters. The third-order valence-corrected chi connectivity index (χ3v) is 5.86. The highest BCUT2D eigenvalue weighted by molar-refractivity contribution is 9.10. The van der Waals surface area contributed by atoms with Crippen LogP contribution in [0.1, 0.15) is 16.7 Å². The van der Waals surface area contributed by atoms with E-state index in [1.807, 2.05) is 36.4 Å². The van der Waals surface area contributed by atoms with E-state index in [0.29, 0.717) is 11.5 Å². The van der Waals surface area contributed by atoms with Gasteiger partial charge < -0.3 is 23.8 Å². The molecule has 0 radical (unpaired) electrons. The molecule has 0 saturated carbocycles. The predicted molar refractivity (Wildman–Crippen MR) is 133 cm³/mol. The van der Waals surface area contributed by atoms with E-state index in [1.165, 1.54) is 5.56 Å². The molecule has 6 heteroatoms. The van der Waals surface area contributed by atoms with Gasteiger partial charge in [-0.05, 0) is 71.3 Å². The lowest BCUT2D eigenvalue weighted by atomic mass is 10.1. The number of methoxy groups -OCH3 is 4. The topological polar surface area (TPSA) is 40.2 Å². The first kappa shape index (κ1) is 23.5. The van der Waals surface area contributed by atoms with Gasteiger partial charge in [-0.2, -0.15) is 0 Å². The number of halogens is 1. The number of ether oxygens (including phenoxy) is 4. The maximum atomic E-state index is 5.51. The van der Waals surface area contributed by atoms with E-state index in [4.69, 9.17) is 18.9 Å². The van der Waals surface area contributed by atoms with Crippen molar-refractivity contribution in [3.8, 4) is 23.0 Å². The molecule has 0 amide bonds. The van der Waals surface area contributed by atoms with Crippen molar-refractivity contribution >= 4 is 27.7 Å². The average molecular weight is 498 g/mol. The van der Waals surface area contributed by atoms with Crippen LogP contribution in [0.5, 0.6) is 23.0 Å². The van der Waals surface area contributed by atoms with Crippen LogP contribution in [0.2, 0.25) is 0 Å². The van der Waals surface area contributed by atoms with E-state index in [9.17, 15) is 0 Å². The van der Waals surface area contributed by atoms with Gasteiger partial charge in [-0.1, -0.05) is 28.1 Å². The van der Waals surface area contributed by atoms with E-state index in [2.05, 4.69) is 58.2 Å². The van der Waals surface area contributed by atoms with Gasteiger partial charge in [0.1, 0.15) is 11.5 Å². The van der Waals surface area contributed by atoms with Gasteiger partial charge in [-0.15, -0.1) is 0 Å². The zero-order valence-corrected chi connectivity index (χ0v) is 20.6. The van der Waals surface area contributed by atoms with Crippen molar-refractivity contribution in [2.75, 3.05) is 35.5 Å². The first-order valence-electron chi connectivity index (χ1n) is 10.1. The minimum absolute atomic E-state index is 0.675. The van der Waals surface area contributed by atoms with Crippen LogP contribution in [0.25, 0.3) is 11.8 Å². The zero-order chi connectivity index (χ0) is 23.1. The fourth-order valence-electron chi connectivity index (χ4n) is 3.39. The number of rotatable bonds is 9. The fraction of sp³-hybridized carbons (Fsp3) is 0.231. The normalized spacial score (nSPS) is 11.1. The molecule has 0 spiro atoms. The van der Waals surface area contributed by atoms with Gasteiger partial charge in [0.05, 0.1) is 28.4 Å². The Hall–Kier alpha value is -3.12. The Kier molecular flexibility index (Phi) is 8.06. The molecule has 5 nitrogen and oxygen atoms in total. The zero-order valence-electron chi connectivity index (χ0n) is 19.0. The molecule has 168 valence electrons. The second kappa shape index (κ2) is 11.0. The lowest BCUT2D eigenvalue weighted by Crippen LogP contribution is -2.16. The molecule has 0 atom stereocenters. The number of nitrogens with zero attached hydrogens (tertiary/aromatic N) is 1. The number of hydrogen-bond acceptors (Lipinski definition) is 5. The van der Waals surface area contributed by atoms with Crippen molar-refractivity contribution in [2.45, 2.75) is 6.54 Å². The summed E-state index contributed by atoms with van der Waals surface area (Å²) in [6.07, 6.45) is 2.14. The monoisotopic (exact) mass is 497 g/mol. The Morgan fingerprint density at radius 2 is 1.31 bits per heavy atom. The smallest absolute Gasteiger partial charge is 0.161 e. The molecule has 0 aromatic heterocycles. The molecule has 3 aromatic carbocycles. The fourth-order valence-corrected chi connectivity index (χ4v) is 3.83. The van der Waals surface area contributed by atoms with Crippen LogP contribution in [-0.2, 0) is 6.54 Å². The van der Waals surface area contributed by atoms with Gasteiger partial charge in [0, 0.05) is 23.8 Å². The Morgan fingerprint density at radius 3 is 1.84 bits per heavy atom. The summed E-state index contributed by atoms with van der Waals surface area (Å²) in [5.74, 6) is 3.01. The summed E-state index contributed by atoms with van der Waals surface area (Å²) in [5, 5.41) is 0. The molecule has 0 bridgehead atoms. The minimum Gasteiger partial charge on any atom is -0.497 e. The quantitative estimate of drug-likeness (QED) is 0.333. The van der Waals surface area contributed by atoms with Crippen LogP contribution in [0.15, 0.2) is 65.1 Å². The summed E-state index contributed by atoms with van der Waals surface area (Å²) < 4.78 is 22.5. The molecule has 0 aliphatic carbocycles. The number of hydrogen-bond donors (Lipinski definition) is 0. The highest BCUT2D eigenvalue weighted by atomic mass is 79.9. The van der Waals surface area contributed by atoms with Crippen molar-refractivity contribution in [3.05, 3.63) is 81.8 Å². The van der Waals surface area contributed by atoms with E-state index in [1.54, 1.807) is 28.4 Å². The van der Waals surface area contributed by atoms with Crippen LogP contribution in [0.4, 0.5) is 0 Å². The molecule has 0 heterocycles. The number of benzene rings is 3. The highest BCUT2D eigenvalue weighted by Crippen LogP contribution is 2.36. The first-order valence-corrected chi connectivity index (χ1v) is 10.9. The van der Waals surface area contributed by atoms with Crippen molar-refractivity contribution in [2.24, 2.45) is 0 Å². The molecule has 0 N–H and O–H groups in total. The van der Waals surface area contributed by atoms with Crippen molar-refractivity contribution < 1.29 is 18.9 Å². The third-order valence-electron chi connectivity index (χ3n) is 5.17. The van der Waals surface area contributed by atoms with Crippen LogP contribution < -0.4 is 18.9 Å². The molecule has 32 heavy (non-hydrogen) atoms. The molecular formula is C26H28BrNO4. The SMILES string of the molecule is COc1ccc(CN(C)/C(=C/c2cc(OC)c(OC)cc2Br)c2ccc(OC)cc2)cc1. The Morgan fingerprint density at radius 1 is 0.781 bits per heavy atom. The maximum absolute atomic E-state index is 5.51. The lowest BCUT2D eigenvalue weighted by molar-refractivity contribution is 0.354.